The van der Waals surface area contributed by atoms with E-state index >= 15 is 0 Å². The normalized spacial score (nSPS) is 11.3. The smallest absolute Gasteiger partial charge is 0.210 e. The van der Waals surface area contributed by atoms with Crippen LogP contribution in [0.5, 0.6) is 0 Å². The summed E-state index contributed by atoms with van der Waals surface area (Å²) >= 11 is 0. The highest BCUT2D eigenvalue weighted by atomic mass is 16.1. The van der Waals surface area contributed by atoms with Gasteiger partial charge in [0.25, 0.3) is 0 Å². The van der Waals surface area contributed by atoms with Crippen molar-refractivity contribution in [3.63, 3.8) is 0 Å². The molecular formula is C13H23NO. The van der Waals surface area contributed by atoms with E-state index < -0.39 is 0 Å². The van der Waals surface area contributed by atoms with Crippen LogP contribution in [0.3, 0.4) is 0 Å². The van der Waals surface area contributed by atoms with Gasteiger partial charge in [-0.05, 0) is 12.8 Å². The lowest BCUT2D eigenvalue weighted by Crippen LogP contribution is -2.21. The molecular weight excluding hydrogens is 186 g/mol. The first-order valence-corrected chi connectivity index (χ1v) is 5.84. The molecule has 2 heteroatoms. The highest BCUT2D eigenvalue weighted by Crippen LogP contribution is 1.93. The van der Waals surface area contributed by atoms with Gasteiger partial charge in [0, 0.05) is 13.1 Å². The van der Waals surface area contributed by atoms with Crippen LogP contribution >= 0.6 is 0 Å². The summed E-state index contributed by atoms with van der Waals surface area (Å²) in [5.74, 6) is 0. The third-order valence-corrected chi connectivity index (χ3v) is 2.07. The van der Waals surface area contributed by atoms with Crippen molar-refractivity contribution in [3.8, 4) is 0 Å². The van der Waals surface area contributed by atoms with Gasteiger partial charge in [0.1, 0.15) is 0 Å². The topological polar surface area (TPSA) is 20.3 Å². The van der Waals surface area contributed by atoms with Gasteiger partial charge >= 0.3 is 0 Å². The average Bonchev–Trinajstić information content (AvgIpc) is 2.27. The van der Waals surface area contributed by atoms with Gasteiger partial charge in [-0.15, -0.1) is 0 Å². The number of unbranched alkanes of at least 4 members (excludes halogenated alkanes) is 2. The van der Waals surface area contributed by atoms with Crippen molar-refractivity contribution in [1.29, 1.82) is 0 Å². The second-order valence-corrected chi connectivity index (χ2v) is 3.58. The fourth-order valence-electron chi connectivity index (χ4n) is 1.15. The standard InChI is InChI=1S/C13H23NO/c1-3-5-7-9-11-14(13-15)12-10-8-6-4-2/h7-10,13H,3-6,11-12H2,1-2H3. The van der Waals surface area contributed by atoms with Crippen molar-refractivity contribution < 1.29 is 4.79 Å². The Morgan fingerprint density at radius 2 is 1.33 bits per heavy atom. The van der Waals surface area contributed by atoms with Crippen LogP contribution in [-0.4, -0.2) is 24.4 Å². The van der Waals surface area contributed by atoms with Crippen molar-refractivity contribution in [2.45, 2.75) is 39.5 Å². The highest BCUT2D eigenvalue weighted by molar-refractivity contribution is 5.47. The monoisotopic (exact) mass is 209 g/mol. The van der Waals surface area contributed by atoms with Gasteiger partial charge in [0.15, 0.2) is 0 Å². The molecule has 0 aliphatic rings. The largest absolute Gasteiger partial charge is 0.338 e. The van der Waals surface area contributed by atoms with Crippen molar-refractivity contribution in [1.82, 2.24) is 4.90 Å². The number of carbonyl (C=O) groups is 1. The van der Waals surface area contributed by atoms with Gasteiger partial charge in [-0.3, -0.25) is 4.79 Å². The van der Waals surface area contributed by atoms with Crippen LogP contribution in [0.2, 0.25) is 0 Å². The third-order valence-electron chi connectivity index (χ3n) is 2.07. The lowest BCUT2D eigenvalue weighted by molar-refractivity contribution is -0.117. The van der Waals surface area contributed by atoms with Crippen molar-refractivity contribution in [2.24, 2.45) is 0 Å². The van der Waals surface area contributed by atoms with Crippen molar-refractivity contribution in [3.05, 3.63) is 24.3 Å². The highest BCUT2D eigenvalue weighted by Gasteiger charge is 1.93. The molecule has 0 heterocycles. The zero-order valence-electron chi connectivity index (χ0n) is 9.98. The molecule has 0 spiro atoms. The minimum atomic E-state index is 0.722. The van der Waals surface area contributed by atoms with Crippen LogP contribution in [0.1, 0.15) is 39.5 Å². The molecule has 0 saturated carbocycles. The predicted octanol–water partition coefficient (Wildman–Crippen LogP) is 3.16. The molecule has 0 aliphatic carbocycles. The van der Waals surface area contributed by atoms with Crippen LogP contribution < -0.4 is 0 Å². The summed E-state index contributed by atoms with van der Waals surface area (Å²) < 4.78 is 0. The van der Waals surface area contributed by atoms with Gasteiger partial charge in [-0.1, -0.05) is 51.0 Å². The van der Waals surface area contributed by atoms with Gasteiger partial charge < -0.3 is 4.90 Å². The number of hydrogen-bond donors (Lipinski definition) is 0. The maximum absolute atomic E-state index is 10.7. The number of allylic oxidation sites excluding steroid dienone is 2. The first kappa shape index (κ1) is 13.9. The Labute approximate surface area is 93.7 Å². The summed E-state index contributed by atoms with van der Waals surface area (Å²) in [5.41, 5.74) is 0. The van der Waals surface area contributed by atoms with Crippen LogP contribution in [0, 0.1) is 0 Å². The summed E-state index contributed by atoms with van der Waals surface area (Å²) in [6.07, 6.45) is 13.8. The van der Waals surface area contributed by atoms with E-state index in [1.807, 2.05) is 0 Å². The molecule has 0 aromatic heterocycles. The number of nitrogens with zero attached hydrogens (tertiary/aromatic N) is 1. The second kappa shape index (κ2) is 11.0. The Hall–Kier alpha value is -1.05. The average molecular weight is 209 g/mol. The summed E-state index contributed by atoms with van der Waals surface area (Å²) in [6, 6.07) is 0. The SMILES string of the molecule is CCCC=CCN(C=O)CC=CCCC. The third kappa shape index (κ3) is 9.26. The van der Waals surface area contributed by atoms with Crippen LogP contribution in [0.4, 0.5) is 0 Å². The molecule has 0 unspecified atom stereocenters. The van der Waals surface area contributed by atoms with Gasteiger partial charge in [0.2, 0.25) is 6.41 Å². The van der Waals surface area contributed by atoms with E-state index in [4.69, 9.17) is 0 Å². The molecule has 0 aromatic carbocycles. The number of rotatable bonds is 9. The van der Waals surface area contributed by atoms with E-state index in [0.717, 1.165) is 45.2 Å². The fraction of sp³-hybridized carbons (Fsp3) is 0.615. The van der Waals surface area contributed by atoms with Gasteiger partial charge in [0.05, 0.1) is 0 Å². The summed E-state index contributed by atoms with van der Waals surface area (Å²) in [6.45, 7) is 5.74. The quantitative estimate of drug-likeness (QED) is 0.422. The van der Waals surface area contributed by atoms with Crippen LogP contribution in [0.15, 0.2) is 24.3 Å². The van der Waals surface area contributed by atoms with Crippen LogP contribution in [-0.2, 0) is 4.79 Å². The molecule has 86 valence electrons. The summed E-state index contributed by atoms with van der Waals surface area (Å²) in [7, 11) is 0. The summed E-state index contributed by atoms with van der Waals surface area (Å²) in [5, 5.41) is 0. The lowest BCUT2D eigenvalue weighted by atomic mass is 10.3. The molecule has 0 rings (SSSR count). The maximum atomic E-state index is 10.7. The Kier molecular flexibility index (Phi) is 10.3. The molecule has 1 amide bonds. The Morgan fingerprint density at radius 1 is 0.867 bits per heavy atom. The Bertz CT molecular complexity index is 179. The van der Waals surface area contributed by atoms with E-state index in [9.17, 15) is 4.79 Å². The molecule has 0 fully saturated rings. The molecule has 0 saturated heterocycles. The predicted molar refractivity (Wildman–Crippen MR) is 65.7 cm³/mol. The van der Waals surface area contributed by atoms with Crippen molar-refractivity contribution >= 4 is 6.41 Å². The molecule has 0 N–H and O–H groups in total. The van der Waals surface area contributed by atoms with E-state index in [-0.39, 0.29) is 0 Å². The zero-order valence-corrected chi connectivity index (χ0v) is 9.98. The van der Waals surface area contributed by atoms with E-state index in [2.05, 4.69) is 38.2 Å². The molecule has 0 atom stereocenters. The lowest BCUT2D eigenvalue weighted by Gasteiger charge is -2.11. The molecule has 0 aliphatic heterocycles. The number of hydrogen-bond acceptors (Lipinski definition) is 1. The Balaban J connectivity index is 3.67. The molecule has 0 bridgehead atoms. The number of amides is 1. The Morgan fingerprint density at radius 3 is 1.67 bits per heavy atom. The minimum absolute atomic E-state index is 0.722. The molecule has 15 heavy (non-hydrogen) atoms. The number of carbonyl (C=O) groups excluding carboxylic acids is 1. The maximum Gasteiger partial charge on any atom is 0.210 e. The molecule has 0 radical (unpaired) electrons. The van der Waals surface area contributed by atoms with Crippen molar-refractivity contribution in [2.75, 3.05) is 13.1 Å². The van der Waals surface area contributed by atoms with E-state index in [0.29, 0.717) is 0 Å². The first-order valence-electron chi connectivity index (χ1n) is 5.84. The minimum Gasteiger partial charge on any atom is -0.338 e. The van der Waals surface area contributed by atoms with E-state index in [1.165, 1.54) is 0 Å². The molecule has 2 nitrogen and oxygen atoms in total. The van der Waals surface area contributed by atoms with E-state index in [1.54, 1.807) is 4.90 Å². The zero-order chi connectivity index (χ0) is 11.4. The summed E-state index contributed by atoms with van der Waals surface area (Å²) in [4.78, 5) is 12.5. The second-order valence-electron chi connectivity index (χ2n) is 3.58. The molecule has 0 aromatic rings. The first-order chi connectivity index (χ1) is 7.35. The fourth-order valence-corrected chi connectivity index (χ4v) is 1.15. The van der Waals surface area contributed by atoms with Crippen LogP contribution in [0.25, 0.3) is 0 Å². The van der Waals surface area contributed by atoms with Gasteiger partial charge in [-0.25, -0.2) is 0 Å². The van der Waals surface area contributed by atoms with Gasteiger partial charge in [-0.2, -0.15) is 0 Å².